The molecule has 1 atom stereocenters. The van der Waals surface area contributed by atoms with E-state index in [1.807, 2.05) is 6.07 Å². The minimum atomic E-state index is -0.685. The lowest BCUT2D eigenvalue weighted by atomic mass is 9.57. The Balaban J connectivity index is 1.98. The van der Waals surface area contributed by atoms with Crippen LogP contribution in [-0.2, 0) is 16.6 Å². The lowest BCUT2D eigenvalue weighted by Gasteiger charge is -2.54. The predicted octanol–water partition coefficient (Wildman–Crippen LogP) is 1.37. The number of fused-ring (bicyclic) bond motifs is 1. The Hall–Kier alpha value is -0.900. The first kappa shape index (κ1) is 12.2. The van der Waals surface area contributed by atoms with Crippen molar-refractivity contribution in [2.45, 2.75) is 42.8 Å². The molecule has 0 aromatic heterocycles. The van der Waals surface area contributed by atoms with Crippen LogP contribution in [0.25, 0.3) is 0 Å². The summed E-state index contributed by atoms with van der Waals surface area (Å²) in [4.78, 5) is 0. The average molecular weight is 247 g/mol. The zero-order chi connectivity index (χ0) is 12.8. The van der Waals surface area contributed by atoms with Crippen LogP contribution < -0.4 is 5.73 Å². The number of hydrogen-bond acceptors (Lipinski definition) is 3. The standard InChI is InChI=1S/C15H21NO2/c1-18-12-8-15(17,9-12)14(10-16)7-6-11-4-2-3-5-13(11)14/h2-5,12,17H,6-10,16H2,1H3. The third kappa shape index (κ3) is 1.41. The number of hydrogen-bond donors (Lipinski definition) is 2. The molecule has 1 saturated carbocycles. The summed E-state index contributed by atoms with van der Waals surface area (Å²) in [5.41, 5.74) is 7.71. The van der Waals surface area contributed by atoms with Crippen molar-refractivity contribution >= 4 is 0 Å². The second-order valence-corrected chi connectivity index (χ2v) is 5.74. The highest BCUT2D eigenvalue weighted by Gasteiger charge is 2.59. The number of nitrogens with two attached hydrogens (primary N) is 1. The van der Waals surface area contributed by atoms with Crippen LogP contribution >= 0.6 is 0 Å². The molecule has 1 unspecified atom stereocenters. The lowest BCUT2D eigenvalue weighted by Crippen LogP contribution is -2.63. The minimum absolute atomic E-state index is 0.186. The van der Waals surface area contributed by atoms with Crippen LogP contribution in [0.5, 0.6) is 0 Å². The van der Waals surface area contributed by atoms with Crippen molar-refractivity contribution in [1.29, 1.82) is 0 Å². The minimum Gasteiger partial charge on any atom is -0.389 e. The van der Waals surface area contributed by atoms with Crippen LogP contribution in [0.3, 0.4) is 0 Å². The highest BCUT2D eigenvalue weighted by molar-refractivity contribution is 5.43. The van der Waals surface area contributed by atoms with E-state index in [9.17, 15) is 5.11 Å². The van der Waals surface area contributed by atoms with Crippen molar-refractivity contribution in [3.8, 4) is 0 Å². The van der Waals surface area contributed by atoms with Gasteiger partial charge in [-0.2, -0.15) is 0 Å². The van der Waals surface area contributed by atoms with Crippen molar-refractivity contribution in [2.24, 2.45) is 5.73 Å². The molecule has 3 heteroatoms. The van der Waals surface area contributed by atoms with E-state index in [4.69, 9.17) is 10.5 Å². The average Bonchev–Trinajstić information content (AvgIpc) is 2.75. The lowest BCUT2D eigenvalue weighted by molar-refractivity contribution is -0.168. The molecule has 1 aromatic carbocycles. The fourth-order valence-corrected chi connectivity index (χ4v) is 3.82. The third-order valence-electron chi connectivity index (χ3n) is 5.06. The monoisotopic (exact) mass is 247 g/mol. The predicted molar refractivity (Wildman–Crippen MR) is 70.5 cm³/mol. The van der Waals surface area contributed by atoms with E-state index in [0.717, 1.165) is 12.8 Å². The maximum absolute atomic E-state index is 10.9. The Labute approximate surface area is 108 Å². The number of aryl methyl sites for hydroxylation is 1. The van der Waals surface area contributed by atoms with Crippen molar-refractivity contribution in [3.63, 3.8) is 0 Å². The zero-order valence-corrected chi connectivity index (χ0v) is 10.9. The maximum Gasteiger partial charge on any atom is 0.0805 e. The van der Waals surface area contributed by atoms with E-state index in [1.54, 1.807) is 7.11 Å². The SMILES string of the molecule is COC1CC(O)(C2(CN)CCc3ccccc32)C1. The Morgan fingerprint density at radius 1 is 1.39 bits per heavy atom. The second kappa shape index (κ2) is 4.05. The van der Waals surface area contributed by atoms with E-state index < -0.39 is 5.60 Å². The molecule has 2 aliphatic carbocycles. The Morgan fingerprint density at radius 3 is 2.78 bits per heavy atom. The summed E-state index contributed by atoms with van der Waals surface area (Å²) in [7, 11) is 1.71. The molecule has 0 radical (unpaired) electrons. The van der Waals surface area contributed by atoms with Crippen molar-refractivity contribution in [2.75, 3.05) is 13.7 Å². The van der Waals surface area contributed by atoms with Gasteiger partial charge in [-0.1, -0.05) is 24.3 Å². The first-order valence-electron chi connectivity index (χ1n) is 6.69. The van der Waals surface area contributed by atoms with E-state index >= 15 is 0 Å². The van der Waals surface area contributed by atoms with E-state index in [0.29, 0.717) is 19.4 Å². The number of benzene rings is 1. The van der Waals surface area contributed by atoms with Crippen LogP contribution in [0.2, 0.25) is 0 Å². The van der Waals surface area contributed by atoms with Crippen LogP contribution in [-0.4, -0.2) is 30.5 Å². The molecular weight excluding hydrogens is 226 g/mol. The van der Waals surface area contributed by atoms with Crippen LogP contribution in [0.15, 0.2) is 24.3 Å². The van der Waals surface area contributed by atoms with Gasteiger partial charge in [0.1, 0.15) is 0 Å². The molecule has 0 spiro atoms. The van der Waals surface area contributed by atoms with E-state index in [2.05, 4.69) is 18.2 Å². The summed E-state index contributed by atoms with van der Waals surface area (Å²) in [6, 6.07) is 8.40. The van der Waals surface area contributed by atoms with Gasteiger partial charge in [-0.05, 0) is 24.0 Å². The quantitative estimate of drug-likeness (QED) is 0.848. The highest BCUT2D eigenvalue weighted by atomic mass is 16.5. The first-order valence-corrected chi connectivity index (χ1v) is 6.69. The van der Waals surface area contributed by atoms with Gasteiger partial charge in [-0.3, -0.25) is 0 Å². The van der Waals surface area contributed by atoms with Crippen molar-refractivity contribution in [3.05, 3.63) is 35.4 Å². The molecule has 3 rings (SSSR count). The largest absolute Gasteiger partial charge is 0.389 e. The topological polar surface area (TPSA) is 55.5 Å². The summed E-state index contributed by atoms with van der Waals surface area (Å²) >= 11 is 0. The maximum atomic E-state index is 10.9. The molecule has 18 heavy (non-hydrogen) atoms. The Bertz CT molecular complexity index is 454. The molecule has 0 bridgehead atoms. The van der Waals surface area contributed by atoms with Gasteiger partial charge in [0.25, 0.3) is 0 Å². The molecule has 0 amide bonds. The van der Waals surface area contributed by atoms with Gasteiger partial charge >= 0.3 is 0 Å². The van der Waals surface area contributed by atoms with Gasteiger partial charge in [-0.25, -0.2) is 0 Å². The molecule has 0 aliphatic heterocycles. The highest BCUT2D eigenvalue weighted by Crippen LogP contribution is 2.54. The van der Waals surface area contributed by atoms with Gasteiger partial charge in [-0.15, -0.1) is 0 Å². The second-order valence-electron chi connectivity index (χ2n) is 5.74. The van der Waals surface area contributed by atoms with Gasteiger partial charge < -0.3 is 15.6 Å². The van der Waals surface area contributed by atoms with E-state index in [1.165, 1.54) is 11.1 Å². The Kier molecular flexibility index (Phi) is 2.73. The Morgan fingerprint density at radius 2 is 2.11 bits per heavy atom. The molecule has 2 aliphatic rings. The van der Waals surface area contributed by atoms with Gasteiger partial charge in [0.2, 0.25) is 0 Å². The molecule has 1 fully saturated rings. The van der Waals surface area contributed by atoms with Gasteiger partial charge in [0.05, 0.1) is 11.7 Å². The fourth-order valence-electron chi connectivity index (χ4n) is 3.82. The number of methoxy groups -OCH3 is 1. The van der Waals surface area contributed by atoms with Gasteiger partial charge in [0.15, 0.2) is 0 Å². The van der Waals surface area contributed by atoms with Crippen LogP contribution in [0.1, 0.15) is 30.4 Å². The van der Waals surface area contributed by atoms with Gasteiger partial charge in [0, 0.05) is 31.9 Å². The van der Waals surface area contributed by atoms with Crippen molar-refractivity contribution in [1.82, 2.24) is 0 Å². The summed E-state index contributed by atoms with van der Waals surface area (Å²) < 4.78 is 5.32. The number of ether oxygens (including phenoxy) is 1. The number of rotatable bonds is 3. The summed E-state index contributed by atoms with van der Waals surface area (Å²) in [6.07, 6.45) is 3.57. The number of aliphatic hydroxyl groups is 1. The summed E-state index contributed by atoms with van der Waals surface area (Å²) in [6.45, 7) is 0.511. The van der Waals surface area contributed by atoms with E-state index in [-0.39, 0.29) is 11.5 Å². The molecule has 1 aromatic rings. The fraction of sp³-hybridized carbons (Fsp3) is 0.600. The van der Waals surface area contributed by atoms with Crippen LogP contribution in [0.4, 0.5) is 0 Å². The molecule has 0 saturated heterocycles. The first-order chi connectivity index (χ1) is 8.65. The molecule has 3 N–H and O–H groups in total. The third-order valence-corrected chi connectivity index (χ3v) is 5.06. The summed E-state index contributed by atoms with van der Waals surface area (Å²) in [5.74, 6) is 0. The smallest absolute Gasteiger partial charge is 0.0805 e. The van der Waals surface area contributed by atoms with Crippen molar-refractivity contribution < 1.29 is 9.84 Å². The molecule has 0 heterocycles. The normalized spacial score (nSPS) is 38.3. The van der Waals surface area contributed by atoms with Crippen LogP contribution in [0, 0.1) is 0 Å². The molecule has 98 valence electrons. The molecule has 3 nitrogen and oxygen atoms in total. The summed E-state index contributed by atoms with van der Waals surface area (Å²) in [5, 5.41) is 10.9. The molecular formula is C15H21NO2. The zero-order valence-electron chi connectivity index (χ0n) is 10.9.